The average Bonchev–Trinajstić information content (AvgIpc) is 3.21. The summed E-state index contributed by atoms with van der Waals surface area (Å²) in [6, 6.07) is 9.27. The number of amides is 1. The molecule has 0 unspecified atom stereocenters. The van der Waals surface area contributed by atoms with Gasteiger partial charge in [0.25, 0.3) is 5.91 Å². The van der Waals surface area contributed by atoms with Gasteiger partial charge < -0.3 is 14.7 Å². The van der Waals surface area contributed by atoms with E-state index in [1.165, 1.54) is 6.20 Å². The lowest BCUT2D eigenvalue weighted by Gasteiger charge is -2.55. The molecule has 1 N–H and O–H groups in total. The minimum atomic E-state index is -2.88. The molecule has 1 aromatic carbocycles. The van der Waals surface area contributed by atoms with Gasteiger partial charge in [-0.05, 0) is 37.1 Å². The van der Waals surface area contributed by atoms with E-state index in [1.807, 2.05) is 31.2 Å². The molecule has 1 aliphatic carbocycles. The van der Waals surface area contributed by atoms with Crippen molar-refractivity contribution in [1.29, 1.82) is 0 Å². The number of rotatable bonds is 5. The Kier molecular flexibility index (Phi) is 4.60. The van der Waals surface area contributed by atoms with E-state index in [0.717, 1.165) is 11.3 Å². The van der Waals surface area contributed by atoms with Gasteiger partial charge in [-0.15, -0.1) is 0 Å². The molecule has 10 nitrogen and oxygen atoms in total. The molecule has 2 atom stereocenters. The second kappa shape index (κ2) is 7.60. The van der Waals surface area contributed by atoms with Crippen LogP contribution in [0.2, 0.25) is 0 Å². The molecule has 12 heteroatoms. The van der Waals surface area contributed by atoms with Gasteiger partial charge in [0.05, 0.1) is 34.7 Å². The van der Waals surface area contributed by atoms with Crippen molar-refractivity contribution in [2.45, 2.75) is 25.4 Å². The van der Waals surface area contributed by atoms with Crippen LogP contribution < -0.4 is 10.2 Å². The summed E-state index contributed by atoms with van der Waals surface area (Å²) >= 11 is 0. The van der Waals surface area contributed by atoms with E-state index in [1.54, 1.807) is 16.8 Å². The van der Waals surface area contributed by atoms with Crippen molar-refractivity contribution in [3.63, 3.8) is 0 Å². The van der Waals surface area contributed by atoms with Gasteiger partial charge >= 0.3 is 0 Å². The van der Waals surface area contributed by atoms with Crippen LogP contribution in [0.15, 0.2) is 47.2 Å². The lowest BCUT2D eigenvalue weighted by molar-refractivity contribution is 0.102. The summed E-state index contributed by atoms with van der Waals surface area (Å²) in [5.41, 5.74) is 3.96. The third kappa shape index (κ3) is 3.78. The zero-order chi connectivity index (χ0) is 25.5. The fourth-order valence-corrected chi connectivity index (χ4v) is 7.52. The largest absolute Gasteiger partial charge is 0.370 e. The zero-order valence-corrected chi connectivity index (χ0v) is 20.7. The number of nitrogens with one attached hydrogen (secondary N) is 1. The van der Waals surface area contributed by atoms with E-state index >= 15 is 0 Å². The number of hydrogen-bond donors (Lipinski definition) is 1. The molecule has 2 aliphatic heterocycles. The quantitative estimate of drug-likeness (QED) is 0.424. The molecule has 1 amide bonds. The van der Waals surface area contributed by atoms with E-state index in [4.69, 9.17) is 4.52 Å². The standard InChI is InChI=1S/C25H23FN6O4S/c1-14-2-3-15(22-29-24(36-30-22)17-8-19(17)26)6-20(14)28-23(33)18-9-27-32-5-4-16(7-21(18)32)31-10-25(11-31)12-37(34,35)13-25/h2-7,9,17,19H,8,10-13H2,1H3,(H,28,33)/t17-,19-/m0/s1. The molecule has 4 aromatic rings. The molecule has 1 saturated carbocycles. The first-order valence-corrected chi connectivity index (χ1v) is 13.8. The van der Waals surface area contributed by atoms with Crippen LogP contribution in [0.4, 0.5) is 15.8 Å². The fraction of sp³-hybridized carbons (Fsp3) is 0.360. The molecule has 1 spiro atoms. The number of aromatic nitrogens is 4. The molecule has 0 radical (unpaired) electrons. The summed E-state index contributed by atoms with van der Waals surface area (Å²) in [4.78, 5) is 19.7. The Bertz CT molecular complexity index is 1680. The van der Waals surface area contributed by atoms with Crippen LogP contribution in [0.25, 0.3) is 16.9 Å². The van der Waals surface area contributed by atoms with Crippen molar-refractivity contribution in [1.82, 2.24) is 19.8 Å². The van der Waals surface area contributed by atoms with E-state index in [9.17, 15) is 17.6 Å². The predicted octanol–water partition coefficient (Wildman–Crippen LogP) is 3.01. The van der Waals surface area contributed by atoms with Crippen LogP contribution in [0.1, 0.15) is 34.2 Å². The molecule has 7 rings (SSSR count). The van der Waals surface area contributed by atoms with Crippen LogP contribution >= 0.6 is 0 Å². The number of carbonyl (C=O) groups excluding carboxylic acids is 1. The van der Waals surface area contributed by atoms with Gasteiger partial charge in [0.15, 0.2) is 9.84 Å². The van der Waals surface area contributed by atoms with E-state index in [0.29, 0.717) is 53.6 Å². The molecule has 5 heterocycles. The first-order chi connectivity index (χ1) is 17.7. The van der Waals surface area contributed by atoms with Crippen molar-refractivity contribution >= 4 is 32.6 Å². The summed E-state index contributed by atoms with van der Waals surface area (Å²) in [6.45, 7) is 3.26. The minimum Gasteiger partial charge on any atom is -0.370 e. The third-order valence-electron chi connectivity index (χ3n) is 7.44. The Morgan fingerprint density at radius 2 is 2.00 bits per heavy atom. The van der Waals surface area contributed by atoms with Crippen LogP contribution in [0.3, 0.4) is 0 Å². The maximum absolute atomic E-state index is 13.3. The summed E-state index contributed by atoms with van der Waals surface area (Å²) in [6.07, 6.45) is 2.80. The van der Waals surface area contributed by atoms with Gasteiger partial charge in [-0.3, -0.25) is 4.79 Å². The van der Waals surface area contributed by atoms with Gasteiger partial charge in [-0.1, -0.05) is 17.3 Å². The van der Waals surface area contributed by atoms with Crippen LogP contribution in [0.5, 0.6) is 0 Å². The Morgan fingerprint density at radius 3 is 2.73 bits per heavy atom. The lowest BCUT2D eigenvalue weighted by atomic mass is 9.82. The van der Waals surface area contributed by atoms with Crippen LogP contribution in [-0.2, 0) is 9.84 Å². The van der Waals surface area contributed by atoms with E-state index in [2.05, 4.69) is 25.5 Å². The highest BCUT2D eigenvalue weighted by Gasteiger charge is 2.56. The van der Waals surface area contributed by atoms with Gasteiger partial charge in [-0.25, -0.2) is 17.3 Å². The number of pyridine rings is 1. The highest BCUT2D eigenvalue weighted by molar-refractivity contribution is 7.92. The van der Waals surface area contributed by atoms with Crippen LogP contribution in [0, 0.1) is 12.3 Å². The summed E-state index contributed by atoms with van der Waals surface area (Å²) in [5, 5.41) is 11.3. The maximum Gasteiger partial charge on any atom is 0.259 e. The van der Waals surface area contributed by atoms with Crippen molar-refractivity contribution < 1.29 is 22.1 Å². The van der Waals surface area contributed by atoms with Gasteiger partial charge in [0.2, 0.25) is 11.7 Å². The Hall–Kier alpha value is -3.80. The number of carbonyl (C=O) groups is 1. The van der Waals surface area contributed by atoms with Gasteiger partial charge in [0, 0.05) is 41.6 Å². The molecular formula is C25H23FN6O4S. The Balaban J connectivity index is 1.11. The molecule has 3 aromatic heterocycles. The summed E-state index contributed by atoms with van der Waals surface area (Å²) < 4.78 is 43.4. The van der Waals surface area contributed by atoms with Crippen molar-refractivity contribution in [3.8, 4) is 11.4 Å². The number of halogens is 1. The zero-order valence-electron chi connectivity index (χ0n) is 19.9. The van der Waals surface area contributed by atoms with E-state index in [-0.39, 0.29) is 28.7 Å². The smallest absolute Gasteiger partial charge is 0.259 e. The Morgan fingerprint density at radius 1 is 1.22 bits per heavy atom. The van der Waals surface area contributed by atoms with Crippen molar-refractivity contribution in [2.75, 3.05) is 34.8 Å². The Labute approximate surface area is 211 Å². The summed E-state index contributed by atoms with van der Waals surface area (Å²) in [7, 11) is -2.88. The lowest BCUT2D eigenvalue weighted by Crippen LogP contribution is -2.68. The van der Waals surface area contributed by atoms with Gasteiger partial charge in [0.1, 0.15) is 6.17 Å². The molecular weight excluding hydrogens is 499 g/mol. The molecule has 2 saturated heterocycles. The number of anilines is 2. The third-order valence-corrected chi connectivity index (χ3v) is 9.54. The van der Waals surface area contributed by atoms with E-state index < -0.39 is 16.0 Å². The molecule has 37 heavy (non-hydrogen) atoms. The molecule has 3 aliphatic rings. The van der Waals surface area contributed by atoms with Gasteiger partial charge in [-0.2, -0.15) is 10.1 Å². The number of aryl methyl sites for hydroxylation is 1. The number of benzene rings is 1. The second-order valence-electron chi connectivity index (χ2n) is 10.5. The number of fused-ring (bicyclic) bond motifs is 1. The molecule has 0 bridgehead atoms. The molecule has 190 valence electrons. The van der Waals surface area contributed by atoms with Crippen molar-refractivity contribution in [3.05, 3.63) is 59.7 Å². The normalized spacial score (nSPS) is 23.0. The number of sulfone groups is 1. The first-order valence-electron chi connectivity index (χ1n) is 12.0. The predicted molar refractivity (Wildman–Crippen MR) is 133 cm³/mol. The monoisotopic (exact) mass is 522 g/mol. The fourth-order valence-electron chi connectivity index (χ4n) is 5.37. The topological polar surface area (TPSA) is 123 Å². The maximum atomic E-state index is 13.3. The van der Waals surface area contributed by atoms with Crippen molar-refractivity contribution in [2.24, 2.45) is 5.41 Å². The van der Waals surface area contributed by atoms with Crippen LogP contribution in [-0.4, -0.2) is 64.8 Å². The minimum absolute atomic E-state index is 0.125. The molecule has 3 fully saturated rings. The summed E-state index contributed by atoms with van der Waals surface area (Å²) in [5.74, 6) is 0.499. The highest BCUT2D eigenvalue weighted by atomic mass is 32.2. The highest BCUT2D eigenvalue weighted by Crippen LogP contribution is 2.44. The average molecular weight is 523 g/mol. The SMILES string of the molecule is Cc1ccc(-c2noc([C@H]3C[C@@H]3F)n2)cc1NC(=O)c1cnn2ccc(N3CC4(C3)CS(=O)(=O)C4)cc12. The second-order valence-corrected chi connectivity index (χ2v) is 12.5. The number of alkyl halides is 1. The number of nitrogens with zero attached hydrogens (tertiary/aromatic N) is 5. The number of hydrogen-bond acceptors (Lipinski definition) is 8. The first kappa shape index (κ1) is 22.4.